The summed E-state index contributed by atoms with van der Waals surface area (Å²) in [5.74, 6) is 0.520. The Kier molecular flexibility index (Phi) is 11.1. The van der Waals surface area contributed by atoms with Gasteiger partial charge in [0, 0.05) is 34.2 Å². The molecule has 0 aliphatic carbocycles. The number of rotatable bonds is 13. The van der Waals surface area contributed by atoms with Crippen molar-refractivity contribution in [2.75, 3.05) is 13.7 Å². The highest BCUT2D eigenvalue weighted by atomic mass is 35.5. The fourth-order valence-electron chi connectivity index (χ4n) is 4.05. The van der Waals surface area contributed by atoms with Gasteiger partial charge in [-0.2, -0.15) is 0 Å². The molecule has 5 nitrogen and oxygen atoms in total. The average molecular weight is 575 g/mol. The molecular formula is C30H33Cl2NO4S. The lowest BCUT2D eigenvalue weighted by Crippen LogP contribution is -2.08. The fraction of sp³-hybridized carbons (Fsp3) is 0.367. The van der Waals surface area contributed by atoms with Crippen molar-refractivity contribution < 1.29 is 19.1 Å². The van der Waals surface area contributed by atoms with Crippen LogP contribution in [0.15, 0.2) is 41.3 Å². The molecule has 38 heavy (non-hydrogen) atoms. The number of ketones is 2. The molecule has 1 atom stereocenters. The number of allylic oxidation sites excluding steroid dienone is 1. The highest BCUT2D eigenvalue weighted by molar-refractivity contribution is 7.10. The van der Waals surface area contributed by atoms with E-state index in [0.29, 0.717) is 38.4 Å². The number of halogens is 2. The number of ether oxygens (including phenoxy) is 2. The molecule has 0 N–H and O–H groups in total. The van der Waals surface area contributed by atoms with E-state index in [9.17, 15) is 9.59 Å². The average Bonchev–Trinajstić information content (AvgIpc) is 3.35. The quantitative estimate of drug-likeness (QED) is 0.151. The maximum atomic E-state index is 13.1. The lowest BCUT2D eigenvalue weighted by atomic mass is 9.99. The van der Waals surface area contributed by atoms with Crippen LogP contribution in [0.4, 0.5) is 0 Å². The van der Waals surface area contributed by atoms with Crippen LogP contribution in [0, 0.1) is 0 Å². The molecule has 0 saturated heterocycles. The van der Waals surface area contributed by atoms with Gasteiger partial charge >= 0.3 is 0 Å². The first-order valence-corrected chi connectivity index (χ1v) is 14.3. The molecule has 3 aromatic rings. The molecule has 202 valence electrons. The van der Waals surface area contributed by atoms with Crippen LogP contribution in [0.2, 0.25) is 10.0 Å². The third-order valence-corrected chi connectivity index (χ3v) is 7.60. The molecule has 1 aromatic heterocycles. The SMILES string of the molecule is CCCOC(CCC)c1cccc(-c2csc(CC(=O)c3cc(Cl)c(C=C(C)C(C)=O)c(Cl)c3)n2)c1OC. The van der Waals surface area contributed by atoms with Gasteiger partial charge in [0.25, 0.3) is 0 Å². The van der Waals surface area contributed by atoms with Crippen LogP contribution in [0.3, 0.4) is 0 Å². The van der Waals surface area contributed by atoms with E-state index in [1.165, 1.54) is 18.3 Å². The largest absolute Gasteiger partial charge is 0.496 e. The molecule has 2 aromatic carbocycles. The highest BCUT2D eigenvalue weighted by Gasteiger charge is 2.21. The molecule has 1 heterocycles. The van der Waals surface area contributed by atoms with Gasteiger partial charge in [0.1, 0.15) is 10.8 Å². The summed E-state index contributed by atoms with van der Waals surface area (Å²) in [6.07, 6.45) is 4.52. The number of carbonyl (C=O) groups excluding carboxylic acids is 2. The predicted molar refractivity (Wildman–Crippen MR) is 157 cm³/mol. The molecule has 0 saturated carbocycles. The van der Waals surface area contributed by atoms with Gasteiger partial charge in [-0.15, -0.1) is 11.3 Å². The van der Waals surface area contributed by atoms with E-state index in [-0.39, 0.29) is 24.1 Å². The molecule has 0 bridgehead atoms. The van der Waals surface area contributed by atoms with E-state index in [1.807, 2.05) is 23.6 Å². The summed E-state index contributed by atoms with van der Waals surface area (Å²) in [5.41, 5.74) is 4.06. The first-order valence-electron chi connectivity index (χ1n) is 12.6. The van der Waals surface area contributed by atoms with Gasteiger partial charge in [0.05, 0.1) is 35.4 Å². The number of hydrogen-bond acceptors (Lipinski definition) is 6. The van der Waals surface area contributed by atoms with E-state index >= 15 is 0 Å². The smallest absolute Gasteiger partial charge is 0.169 e. The normalized spacial score (nSPS) is 12.4. The molecule has 8 heteroatoms. The van der Waals surface area contributed by atoms with Crippen LogP contribution in [-0.2, 0) is 16.0 Å². The number of nitrogens with zero attached hydrogens (tertiary/aromatic N) is 1. The first-order chi connectivity index (χ1) is 18.2. The molecule has 0 aliphatic rings. The third-order valence-electron chi connectivity index (χ3n) is 6.13. The van der Waals surface area contributed by atoms with Gasteiger partial charge in [-0.05, 0) is 56.5 Å². The minimum atomic E-state index is -0.148. The summed E-state index contributed by atoms with van der Waals surface area (Å²) in [5, 5.41) is 3.24. The van der Waals surface area contributed by atoms with Gasteiger partial charge in [0.15, 0.2) is 11.6 Å². The van der Waals surface area contributed by atoms with Crippen LogP contribution >= 0.6 is 34.5 Å². The van der Waals surface area contributed by atoms with Crippen molar-refractivity contribution in [3.05, 3.63) is 73.0 Å². The predicted octanol–water partition coefficient (Wildman–Crippen LogP) is 8.81. The number of benzene rings is 2. The summed E-state index contributed by atoms with van der Waals surface area (Å²) >= 11 is 14.2. The Balaban J connectivity index is 1.86. The summed E-state index contributed by atoms with van der Waals surface area (Å²) in [7, 11) is 1.66. The molecule has 1 unspecified atom stereocenters. The first kappa shape index (κ1) is 30.0. The fourth-order valence-corrected chi connectivity index (χ4v) is 5.43. The Hall–Kier alpha value is -2.51. The van der Waals surface area contributed by atoms with Crippen molar-refractivity contribution in [2.24, 2.45) is 0 Å². The van der Waals surface area contributed by atoms with E-state index < -0.39 is 0 Å². The van der Waals surface area contributed by atoms with Crippen molar-refractivity contribution in [3.8, 4) is 17.0 Å². The summed E-state index contributed by atoms with van der Waals surface area (Å²) in [6, 6.07) is 9.17. The van der Waals surface area contributed by atoms with E-state index in [1.54, 1.807) is 32.2 Å². The second-order valence-corrected chi connectivity index (χ2v) is 10.8. The van der Waals surface area contributed by atoms with Crippen LogP contribution in [0.25, 0.3) is 17.3 Å². The Morgan fingerprint density at radius 1 is 1.11 bits per heavy atom. The molecule has 0 radical (unpaired) electrons. The highest BCUT2D eigenvalue weighted by Crippen LogP contribution is 2.39. The number of hydrogen-bond donors (Lipinski definition) is 0. The van der Waals surface area contributed by atoms with Gasteiger partial charge in [-0.1, -0.05) is 55.6 Å². The molecule has 0 fully saturated rings. The van der Waals surface area contributed by atoms with Gasteiger partial charge < -0.3 is 9.47 Å². The van der Waals surface area contributed by atoms with Crippen molar-refractivity contribution in [1.29, 1.82) is 0 Å². The molecule has 0 aliphatic heterocycles. The number of Topliss-reactive ketones (excluding diaryl/α,β-unsaturated/α-hetero) is 2. The van der Waals surface area contributed by atoms with Gasteiger partial charge in [-0.25, -0.2) is 4.98 Å². The maximum absolute atomic E-state index is 13.1. The standard InChI is InChI=1S/C30H33Cl2NO4S/c1-6-9-28(37-12-7-2)22-11-8-10-21(30(22)36-5)26-17-38-29(33-26)16-27(35)20-14-24(31)23(25(32)15-20)13-18(3)19(4)34/h8,10-11,13-15,17,28H,6-7,9,12,16H2,1-5H3. The second kappa shape index (κ2) is 14.0. The number of methoxy groups -OCH3 is 1. The van der Waals surface area contributed by atoms with Crippen LogP contribution in [0.5, 0.6) is 5.75 Å². The van der Waals surface area contributed by atoms with Crippen molar-refractivity contribution in [3.63, 3.8) is 0 Å². The number of thiazole rings is 1. The topological polar surface area (TPSA) is 65.5 Å². The lowest BCUT2D eigenvalue weighted by molar-refractivity contribution is -0.113. The maximum Gasteiger partial charge on any atom is 0.169 e. The molecule has 3 rings (SSSR count). The lowest BCUT2D eigenvalue weighted by Gasteiger charge is -2.21. The Morgan fingerprint density at radius 2 is 1.82 bits per heavy atom. The zero-order valence-electron chi connectivity index (χ0n) is 22.4. The summed E-state index contributed by atoms with van der Waals surface area (Å²) in [4.78, 5) is 29.4. The van der Waals surface area contributed by atoms with Crippen LogP contribution in [-0.4, -0.2) is 30.3 Å². The zero-order chi connectivity index (χ0) is 27.8. The Labute approximate surface area is 238 Å². The Bertz CT molecular complexity index is 1310. The van der Waals surface area contributed by atoms with Crippen molar-refractivity contribution in [1.82, 2.24) is 4.98 Å². The monoisotopic (exact) mass is 573 g/mol. The second-order valence-electron chi connectivity index (χ2n) is 9.04. The van der Waals surface area contributed by atoms with Gasteiger partial charge in [-0.3, -0.25) is 9.59 Å². The number of para-hydroxylation sites is 1. The van der Waals surface area contributed by atoms with Gasteiger partial charge in [0.2, 0.25) is 0 Å². The van der Waals surface area contributed by atoms with Crippen LogP contribution in [0.1, 0.15) is 79.6 Å². The van der Waals surface area contributed by atoms with Crippen molar-refractivity contribution in [2.45, 2.75) is 59.5 Å². The van der Waals surface area contributed by atoms with Crippen molar-refractivity contribution >= 4 is 52.2 Å². The molecule has 0 amide bonds. The molecular weight excluding hydrogens is 541 g/mol. The zero-order valence-corrected chi connectivity index (χ0v) is 24.7. The van der Waals surface area contributed by atoms with Crippen LogP contribution < -0.4 is 4.74 Å². The number of aromatic nitrogens is 1. The van der Waals surface area contributed by atoms with E-state index in [2.05, 4.69) is 13.8 Å². The van der Waals surface area contributed by atoms with E-state index in [0.717, 1.165) is 41.8 Å². The minimum absolute atomic E-state index is 0.0546. The summed E-state index contributed by atoms with van der Waals surface area (Å²) in [6.45, 7) is 8.09. The van der Waals surface area contributed by atoms with E-state index in [4.69, 9.17) is 37.7 Å². The number of carbonyl (C=O) groups is 2. The summed E-state index contributed by atoms with van der Waals surface area (Å²) < 4.78 is 12.0. The minimum Gasteiger partial charge on any atom is -0.496 e. The Morgan fingerprint density at radius 3 is 2.42 bits per heavy atom. The third kappa shape index (κ3) is 7.32. The molecule has 0 spiro atoms.